The second-order valence-corrected chi connectivity index (χ2v) is 3.69. The van der Waals surface area contributed by atoms with Gasteiger partial charge in [0.25, 0.3) is 0 Å². The number of nitrogens with one attached hydrogen (secondary N) is 1. The molecule has 1 aromatic heterocycles. The van der Waals surface area contributed by atoms with Gasteiger partial charge in [0.05, 0.1) is 7.11 Å². The number of hydrogen-bond acceptors (Lipinski definition) is 1. The van der Waals surface area contributed by atoms with Gasteiger partial charge in [-0.25, -0.2) is 0 Å². The number of ether oxygens (including phenoxy) is 1. The highest BCUT2D eigenvalue weighted by molar-refractivity contribution is 5.73. The van der Waals surface area contributed by atoms with Crippen molar-refractivity contribution in [2.75, 3.05) is 7.11 Å². The van der Waals surface area contributed by atoms with Gasteiger partial charge in [0, 0.05) is 22.5 Å². The van der Waals surface area contributed by atoms with Gasteiger partial charge in [-0.05, 0) is 26.0 Å². The molecule has 0 aliphatic heterocycles. The third kappa shape index (κ3) is 1.75. The molecule has 0 aliphatic carbocycles. The van der Waals surface area contributed by atoms with Crippen molar-refractivity contribution >= 4 is 0 Å². The number of para-hydroxylation sites is 1. The van der Waals surface area contributed by atoms with Crippen LogP contribution in [0.4, 0.5) is 0 Å². The Morgan fingerprint density at radius 3 is 2.40 bits per heavy atom. The zero-order chi connectivity index (χ0) is 10.8. The van der Waals surface area contributed by atoms with E-state index in [4.69, 9.17) is 4.74 Å². The monoisotopic (exact) mass is 201 g/mol. The zero-order valence-corrected chi connectivity index (χ0v) is 9.29. The second-order valence-electron chi connectivity index (χ2n) is 3.69. The molecule has 0 bridgehead atoms. The fourth-order valence-electron chi connectivity index (χ4n) is 1.87. The molecule has 15 heavy (non-hydrogen) atoms. The zero-order valence-electron chi connectivity index (χ0n) is 9.29. The standard InChI is InChI=1S/C13H15NO/c1-9-8-12(10(2)14-9)11-6-4-5-7-13(11)15-3/h4-8,14H,1-3H3. The van der Waals surface area contributed by atoms with E-state index in [1.165, 1.54) is 17.0 Å². The Morgan fingerprint density at radius 1 is 1.07 bits per heavy atom. The van der Waals surface area contributed by atoms with Gasteiger partial charge in [0.1, 0.15) is 5.75 Å². The molecule has 0 unspecified atom stereocenters. The SMILES string of the molecule is COc1ccccc1-c1cc(C)[nH]c1C. The molecule has 0 fully saturated rings. The number of rotatable bonds is 2. The van der Waals surface area contributed by atoms with Crippen molar-refractivity contribution in [3.63, 3.8) is 0 Å². The summed E-state index contributed by atoms with van der Waals surface area (Å²) in [5.74, 6) is 0.916. The van der Waals surface area contributed by atoms with E-state index in [1.807, 2.05) is 18.2 Å². The maximum atomic E-state index is 5.35. The minimum atomic E-state index is 0.916. The lowest BCUT2D eigenvalue weighted by atomic mass is 10.1. The fraction of sp³-hybridized carbons (Fsp3) is 0.231. The van der Waals surface area contributed by atoms with Gasteiger partial charge < -0.3 is 9.72 Å². The Kier molecular flexibility index (Phi) is 2.50. The molecule has 2 heteroatoms. The molecular weight excluding hydrogens is 186 g/mol. The summed E-state index contributed by atoms with van der Waals surface area (Å²) in [5, 5.41) is 0. The molecule has 0 saturated carbocycles. The van der Waals surface area contributed by atoms with Gasteiger partial charge in [-0.1, -0.05) is 18.2 Å². The number of methoxy groups -OCH3 is 1. The fourth-order valence-corrected chi connectivity index (χ4v) is 1.87. The van der Waals surface area contributed by atoms with E-state index in [0.29, 0.717) is 0 Å². The lowest BCUT2D eigenvalue weighted by molar-refractivity contribution is 0.416. The maximum absolute atomic E-state index is 5.35. The summed E-state index contributed by atoms with van der Waals surface area (Å²) in [7, 11) is 1.70. The lowest BCUT2D eigenvalue weighted by Crippen LogP contribution is -1.87. The first kappa shape index (κ1) is 9.84. The summed E-state index contributed by atoms with van der Waals surface area (Å²) in [5.41, 5.74) is 4.71. The summed E-state index contributed by atoms with van der Waals surface area (Å²) in [6, 6.07) is 10.2. The Bertz CT molecular complexity index is 471. The van der Waals surface area contributed by atoms with E-state index in [-0.39, 0.29) is 0 Å². The minimum Gasteiger partial charge on any atom is -0.496 e. The minimum absolute atomic E-state index is 0.916. The highest BCUT2D eigenvalue weighted by atomic mass is 16.5. The molecular formula is C13H15NO. The van der Waals surface area contributed by atoms with Crippen molar-refractivity contribution < 1.29 is 4.74 Å². The van der Waals surface area contributed by atoms with Gasteiger partial charge in [0.15, 0.2) is 0 Å². The molecule has 0 amide bonds. The number of aromatic nitrogens is 1. The molecule has 2 rings (SSSR count). The van der Waals surface area contributed by atoms with Gasteiger partial charge in [0.2, 0.25) is 0 Å². The van der Waals surface area contributed by atoms with Gasteiger partial charge in [-0.3, -0.25) is 0 Å². The normalized spacial score (nSPS) is 10.3. The van der Waals surface area contributed by atoms with E-state index in [0.717, 1.165) is 11.3 Å². The van der Waals surface area contributed by atoms with Crippen LogP contribution in [-0.4, -0.2) is 12.1 Å². The number of H-pyrrole nitrogens is 1. The van der Waals surface area contributed by atoms with Crippen LogP contribution in [0.25, 0.3) is 11.1 Å². The molecule has 0 radical (unpaired) electrons. The smallest absolute Gasteiger partial charge is 0.126 e. The number of aromatic amines is 1. The largest absolute Gasteiger partial charge is 0.496 e. The van der Waals surface area contributed by atoms with E-state index in [1.54, 1.807) is 7.11 Å². The van der Waals surface area contributed by atoms with Crippen LogP contribution in [0.15, 0.2) is 30.3 Å². The highest BCUT2D eigenvalue weighted by Crippen LogP contribution is 2.32. The average molecular weight is 201 g/mol. The number of hydrogen-bond donors (Lipinski definition) is 1. The molecule has 0 aliphatic rings. The Labute approximate surface area is 89.9 Å². The van der Waals surface area contributed by atoms with Crippen molar-refractivity contribution in [1.82, 2.24) is 4.98 Å². The third-order valence-electron chi connectivity index (χ3n) is 2.55. The van der Waals surface area contributed by atoms with Crippen LogP contribution in [0, 0.1) is 13.8 Å². The molecule has 1 aromatic carbocycles. The molecule has 2 aromatic rings. The summed E-state index contributed by atoms with van der Waals surface area (Å²) < 4.78 is 5.35. The van der Waals surface area contributed by atoms with Gasteiger partial charge >= 0.3 is 0 Å². The van der Waals surface area contributed by atoms with Crippen LogP contribution >= 0.6 is 0 Å². The topological polar surface area (TPSA) is 25.0 Å². The van der Waals surface area contributed by atoms with E-state index in [9.17, 15) is 0 Å². The van der Waals surface area contributed by atoms with Gasteiger partial charge in [-0.2, -0.15) is 0 Å². The van der Waals surface area contributed by atoms with Crippen LogP contribution in [0.3, 0.4) is 0 Å². The molecule has 2 nitrogen and oxygen atoms in total. The van der Waals surface area contributed by atoms with Crippen molar-refractivity contribution in [2.45, 2.75) is 13.8 Å². The maximum Gasteiger partial charge on any atom is 0.126 e. The van der Waals surface area contributed by atoms with Crippen molar-refractivity contribution in [3.05, 3.63) is 41.7 Å². The van der Waals surface area contributed by atoms with E-state index in [2.05, 4.69) is 31.0 Å². The quantitative estimate of drug-likeness (QED) is 0.792. The van der Waals surface area contributed by atoms with Crippen LogP contribution in [0.1, 0.15) is 11.4 Å². The molecule has 1 N–H and O–H groups in total. The van der Waals surface area contributed by atoms with Crippen LogP contribution in [-0.2, 0) is 0 Å². The number of benzene rings is 1. The van der Waals surface area contributed by atoms with E-state index >= 15 is 0 Å². The number of aryl methyl sites for hydroxylation is 2. The first-order valence-electron chi connectivity index (χ1n) is 5.02. The Balaban J connectivity index is 2.58. The highest BCUT2D eigenvalue weighted by Gasteiger charge is 2.09. The van der Waals surface area contributed by atoms with Crippen molar-refractivity contribution in [2.24, 2.45) is 0 Å². The predicted octanol–water partition coefficient (Wildman–Crippen LogP) is 3.31. The van der Waals surface area contributed by atoms with E-state index < -0.39 is 0 Å². The van der Waals surface area contributed by atoms with Crippen molar-refractivity contribution in [3.8, 4) is 16.9 Å². The average Bonchev–Trinajstić information content (AvgIpc) is 2.57. The van der Waals surface area contributed by atoms with Crippen LogP contribution in [0.2, 0.25) is 0 Å². The van der Waals surface area contributed by atoms with Crippen molar-refractivity contribution in [1.29, 1.82) is 0 Å². The first-order chi connectivity index (χ1) is 7.22. The van der Waals surface area contributed by atoms with Crippen LogP contribution < -0.4 is 4.74 Å². The predicted molar refractivity (Wildman–Crippen MR) is 62.3 cm³/mol. The molecule has 0 spiro atoms. The molecule has 0 saturated heterocycles. The summed E-state index contributed by atoms with van der Waals surface area (Å²) in [6.07, 6.45) is 0. The second kappa shape index (κ2) is 3.81. The van der Waals surface area contributed by atoms with Crippen LogP contribution in [0.5, 0.6) is 5.75 Å². The lowest BCUT2D eigenvalue weighted by Gasteiger charge is -2.07. The first-order valence-corrected chi connectivity index (χ1v) is 5.02. The summed E-state index contributed by atoms with van der Waals surface area (Å²) in [4.78, 5) is 3.30. The molecule has 78 valence electrons. The summed E-state index contributed by atoms with van der Waals surface area (Å²) >= 11 is 0. The Morgan fingerprint density at radius 2 is 1.80 bits per heavy atom. The molecule has 1 heterocycles. The summed E-state index contributed by atoms with van der Waals surface area (Å²) in [6.45, 7) is 4.14. The van der Waals surface area contributed by atoms with Gasteiger partial charge in [-0.15, -0.1) is 0 Å². The Hall–Kier alpha value is -1.70. The third-order valence-corrected chi connectivity index (χ3v) is 2.55. The molecule has 0 atom stereocenters.